The van der Waals surface area contributed by atoms with Crippen LogP contribution in [0.2, 0.25) is 0 Å². The average Bonchev–Trinajstić information content (AvgIpc) is 3.19. The smallest absolute Gasteiger partial charge is 0.256 e. The molecule has 1 atom stereocenters. The molecule has 0 bridgehead atoms. The number of benzene rings is 1. The van der Waals surface area contributed by atoms with Gasteiger partial charge in [0.15, 0.2) is 5.65 Å². The number of aryl methyl sites for hydroxylation is 1. The number of carbonyl (C=O) groups is 1. The molecule has 12 heteroatoms. The van der Waals surface area contributed by atoms with Crippen LogP contribution in [0, 0.1) is 6.92 Å². The molecule has 2 aromatic heterocycles. The lowest BCUT2D eigenvalue weighted by atomic mass is 9.97. The van der Waals surface area contributed by atoms with Gasteiger partial charge in [-0.2, -0.15) is 5.10 Å². The summed E-state index contributed by atoms with van der Waals surface area (Å²) in [6, 6.07) is 6.19. The van der Waals surface area contributed by atoms with Crippen molar-refractivity contribution in [1.29, 1.82) is 0 Å². The Morgan fingerprint density at radius 3 is 2.71 bits per heavy atom. The number of aliphatic hydroxyl groups is 1. The van der Waals surface area contributed by atoms with Gasteiger partial charge in [0.05, 0.1) is 35.3 Å². The van der Waals surface area contributed by atoms with E-state index in [1.807, 2.05) is 24.1 Å². The zero-order valence-corrected chi connectivity index (χ0v) is 20.5. The molecule has 4 N–H and O–H groups in total. The lowest BCUT2D eigenvalue weighted by Crippen LogP contribution is -2.51. The third kappa shape index (κ3) is 4.63. The predicted octanol–water partition coefficient (Wildman–Crippen LogP) is 1.54. The summed E-state index contributed by atoms with van der Waals surface area (Å²) in [5, 5.41) is 14.4. The molecular formula is C23H29N7O4S. The SMILES string of the molecule is Cc1cn2nc(C3CCCCN3C(=O)c3cc(N)ccc3NS(C)(=O)=O)cc2nc1N1CC(O)C1. The quantitative estimate of drug-likeness (QED) is 0.448. The third-order valence-corrected chi connectivity index (χ3v) is 7.05. The van der Waals surface area contributed by atoms with Crippen molar-refractivity contribution in [3.63, 3.8) is 0 Å². The number of nitrogens with two attached hydrogens (primary N) is 1. The Kier molecular flexibility index (Phi) is 5.80. The number of aromatic nitrogens is 3. The molecule has 1 amide bonds. The van der Waals surface area contributed by atoms with Gasteiger partial charge in [-0.05, 0) is 44.4 Å². The van der Waals surface area contributed by atoms with Crippen LogP contribution in [0.25, 0.3) is 5.65 Å². The number of nitrogen functional groups attached to an aromatic ring is 1. The van der Waals surface area contributed by atoms with Crippen LogP contribution in [0.5, 0.6) is 0 Å². The van der Waals surface area contributed by atoms with E-state index in [0.29, 0.717) is 31.0 Å². The van der Waals surface area contributed by atoms with E-state index in [9.17, 15) is 18.3 Å². The predicted molar refractivity (Wildman–Crippen MR) is 133 cm³/mol. The van der Waals surface area contributed by atoms with E-state index in [4.69, 9.17) is 15.8 Å². The molecule has 1 aromatic carbocycles. The molecular weight excluding hydrogens is 470 g/mol. The second kappa shape index (κ2) is 8.68. The number of β-amino-alcohol motifs (C(OH)–C–C–N with tert-alkyl or cyclic N) is 1. The molecule has 2 saturated heterocycles. The fraction of sp³-hybridized carbons (Fsp3) is 0.435. The van der Waals surface area contributed by atoms with Gasteiger partial charge in [0.2, 0.25) is 10.0 Å². The second-order valence-electron chi connectivity index (χ2n) is 9.37. The van der Waals surface area contributed by atoms with Crippen molar-refractivity contribution in [2.24, 2.45) is 0 Å². The number of hydrogen-bond acceptors (Lipinski definition) is 8. The first kappa shape index (κ1) is 23.4. The minimum atomic E-state index is -3.58. The summed E-state index contributed by atoms with van der Waals surface area (Å²) in [7, 11) is -3.58. The summed E-state index contributed by atoms with van der Waals surface area (Å²) in [6.45, 7) is 3.59. The highest BCUT2D eigenvalue weighted by atomic mass is 32.2. The van der Waals surface area contributed by atoms with Gasteiger partial charge < -0.3 is 20.6 Å². The van der Waals surface area contributed by atoms with Crippen molar-refractivity contribution >= 4 is 38.8 Å². The molecule has 2 aliphatic heterocycles. The summed E-state index contributed by atoms with van der Waals surface area (Å²) in [5.41, 5.74) is 9.07. The number of piperidine rings is 1. The Balaban J connectivity index is 1.49. The number of fused-ring (bicyclic) bond motifs is 1. The number of nitrogens with zero attached hydrogens (tertiary/aromatic N) is 5. The number of sulfonamides is 1. The molecule has 186 valence electrons. The first-order valence-corrected chi connectivity index (χ1v) is 13.5. The lowest BCUT2D eigenvalue weighted by Gasteiger charge is -2.37. The van der Waals surface area contributed by atoms with Crippen LogP contribution in [0.15, 0.2) is 30.5 Å². The summed E-state index contributed by atoms with van der Waals surface area (Å²) in [6.07, 6.45) is 5.14. The molecule has 0 radical (unpaired) electrons. The van der Waals surface area contributed by atoms with Gasteiger partial charge in [0, 0.05) is 43.1 Å². The molecule has 3 aromatic rings. The van der Waals surface area contributed by atoms with Crippen molar-refractivity contribution in [3.05, 3.63) is 47.3 Å². The number of likely N-dealkylation sites (tertiary alicyclic amines) is 1. The van der Waals surface area contributed by atoms with Crippen molar-refractivity contribution in [2.75, 3.05) is 41.2 Å². The monoisotopic (exact) mass is 499 g/mol. The van der Waals surface area contributed by atoms with Gasteiger partial charge in [-0.15, -0.1) is 0 Å². The largest absolute Gasteiger partial charge is 0.399 e. The minimum Gasteiger partial charge on any atom is -0.399 e. The van der Waals surface area contributed by atoms with Crippen molar-refractivity contribution in [2.45, 2.75) is 38.3 Å². The van der Waals surface area contributed by atoms with Crippen molar-refractivity contribution < 1.29 is 18.3 Å². The molecule has 2 aliphatic rings. The first-order valence-electron chi connectivity index (χ1n) is 11.6. The Hall–Kier alpha value is -3.38. The Labute approximate surface area is 203 Å². The van der Waals surface area contributed by atoms with E-state index in [1.54, 1.807) is 15.5 Å². The van der Waals surface area contributed by atoms with Crippen LogP contribution in [0.4, 0.5) is 17.2 Å². The zero-order chi connectivity index (χ0) is 24.9. The Morgan fingerprint density at radius 1 is 1.23 bits per heavy atom. The normalized spacial score (nSPS) is 19.1. The van der Waals surface area contributed by atoms with Gasteiger partial charge in [-0.1, -0.05) is 0 Å². The maximum Gasteiger partial charge on any atom is 0.256 e. The van der Waals surface area contributed by atoms with Crippen molar-refractivity contribution in [1.82, 2.24) is 19.5 Å². The third-order valence-electron chi connectivity index (χ3n) is 6.46. The number of nitrogens with one attached hydrogen (secondary N) is 1. The van der Waals surface area contributed by atoms with E-state index < -0.39 is 10.0 Å². The standard InChI is InChI=1S/C23H29N7O4S/c1-14-11-30-21(25-22(14)28-12-16(31)13-28)10-19(26-30)20-5-3-4-8-29(20)23(32)17-9-15(24)6-7-18(17)27-35(2,33)34/h6-7,9-11,16,20,27,31H,3-5,8,12-13,24H2,1-2H3. The average molecular weight is 500 g/mol. The topological polar surface area (TPSA) is 146 Å². The lowest BCUT2D eigenvalue weighted by molar-refractivity contribution is 0.0607. The van der Waals surface area contributed by atoms with E-state index >= 15 is 0 Å². The van der Waals surface area contributed by atoms with Gasteiger partial charge in [0.1, 0.15) is 5.82 Å². The highest BCUT2D eigenvalue weighted by Gasteiger charge is 2.33. The summed E-state index contributed by atoms with van der Waals surface area (Å²) < 4.78 is 27.9. The maximum absolute atomic E-state index is 13.7. The molecule has 0 aliphatic carbocycles. The van der Waals surface area contributed by atoms with E-state index in [1.165, 1.54) is 12.1 Å². The van der Waals surface area contributed by atoms with Gasteiger partial charge in [-0.25, -0.2) is 17.9 Å². The molecule has 0 saturated carbocycles. The van der Waals surface area contributed by atoms with Gasteiger partial charge >= 0.3 is 0 Å². The fourth-order valence-corrected chi connectivity index (χ4v) is 5.37. The molecule has 5 rings (SSSR count). The number of carbonyl (C=O) groups excluding carboxylic acids is 1. The first-order chi connectivity index (χ1) is 16.6. The molecule has 1 unspecified atom stereocenters. The van der Waals surface area contributed by atoms with E-state index in [0.717, 1.165) is 42.6 Å². The van der Waals surface area contributed by atoms with Crippen LogP contribution in [-0.4, -0.2) is 70.9 Å². The number of hydrogen-bond donors (Lipinski definition) is 3. The molecule has 11 nitrogen and oxygen atoms in total. The number of rotatable bonds is 5. The highest BCUT2D eigenvalue weighted by molar-refractivity contribution is 7.92. The van der Waals surface area contributed by atoms with Crippen LogP contribution in [-0.2, 0) is 10.0 Å². The van der Waals surface area contributed by atoms with Crippen molar-refractivity contribution in [3.8, 4) is 0 Å². The number of amides is 1. The van der Waals surface area contributed by atoms with Gasteiger partial charge in [0.25, 0.3) is 5.91 Å². The van der Waals surface area contributed by atoms with Crippen LogP contribution >= 0.6 is 0 Å². The summed E-state index contributed by atoms with van der Waals surface area (Å²) >= 11 is 0. The summed E-state index contributed by atoms with van der Waals surface area (Å²) in [5.74, 6) is 0.520. The van der Waals surface area contributed by atoms with Crippen LogP contribution in [0.3, 0.4) is 0 Å². The fourth-order valence-electron chi connectivity index (χ4n) is 4.79. The Bertz CT molecular complexity index is 1400. The van der Waals surface area contributed by atoms with Crippen LogP contribution < -0.4 is 15.4 Å². The highest BCUT2D eigenvalue weighted by Crippen LogP contribution is 2.34. The van der Waals surface area contributed by atoms with E-state index in [-0.39, 0.29) is 29.3 Å². The number of aliphatic hydroxyl groups excluding tert-OH is 1. The second-order valence-corrected chi connectivity index (χ2v) is 11.1. The zero-order valence-electron chi connectivity index (χ0n) is 19.7. The summed E-state index contributed by atoms with van der Waals surface area (Å²) in [4.78, 5) is 22.2. The minimum absolute atomic E-state index is 0.199. The Morgan fingerprint density at radius 2 is 2.00 bits per heavy atom. The van der Waals surface area contributed by atoms with Crippen LogP contribution in [0.1, 0.15) is 46.9 Å². The molecule has 0 spiro atoms. The van der Waals surface area contributed by atoms with E-state index in [2.05, 4.69) is 4.72 Å². The molecule has 2 fully saturated rings. The molecule has 35 heavy (non-hydrogen) atoms. The maximum atomic E-state index is 13.7. The number of anilines is 3. The van der Waals surface area contributed by atoms with Gasteiger partial charge in [-0.3, -0.25) is 9.52 Å². The molecule has 4 heterocycles.